The Morgan fingerprint density at radius 1 is 1.16 bits per heavy atom. The summed E-state index contributed by atoms with van der Waals surface area (Å²) in [6.07, 6.45) is 1.45. The summed E-state index contributed by atoms with van der Waals surface area (Å²) in [6, 6.07) is 9.24. The third-order valence-corrected chi connectivity index (χ3v) is 6.29. The number of nitrogens with one attached hydrogen (secondary N) is 2. The van der Waals surface area contributed by atoms with Gasteiger partial charge in [-0.1, -0.05) is 19.1 Å². The average molecular weight is 535 g/mol. The van der Waals surface area contributed by atoms with Gasteiger partial charge in [-0.15, -0.1) is 0 Å². The van der Waals surface area contributed by atoms with E-state index in [0.717, 1.165) is 12.0 Å². The number of benzene rings is 1. The van der Waals surface area contributed by atoms with Gasteiger partial charge in [0.05, 0.1) is 18.0 Å². The first-order valence-electron chi connectivity index (χ1n) is 11.8. The highest BCUT2D eigenvalue weighted by Crippen LogP contribution is 2.15. The molecule has 4 N–H and O–H groups in total. The molecule has 0 radical (unpaired) electrons. The lowest BCUT2D eigenvalue weighted by Crippen LogP contribution is -2.36. The molecule has 0 saturated heterocycles. The lowest BCUT2D eigenvalue weighted by Gasteiger charge is -2.13. The summed E-state index contributed by atoms with van der Waals surface area (Å²) in [5.74, 6) is -0.105. The van der Waals surface area contributed by atoms with Crippen molar-refractivity contribution in [2.24, 2.45) is 15.9 Å². The third-order valence-electron chi connectivity index (χ3n) is 4.93. The second kappa shape index (κ2) is 14.0. The number of carbonyl (C=O) groups is 1. The van der Waals surface area contributed by atoms with Gasteiger partial charge in [0.1, 0.15) is 18.8 Å². The van der Waals surface area contributed by atoms with Crippen molar-refractivity contribution in [2.45, 2.75) is 52.0 Å². The molecule has 1 amide bonds. The highest BCUT2D eigenvalue weighted by atomic mass is 32.2. The Morgan fingerprint density at radius 2 is 1.92 bits per heavy atom. The predicted molar refractivity (Wildman–Crippen MR) is 142 cm³/mol. The Balaban J connectivity index is 1.97. The summed E-state index contributed by atoms with van der Waals surface area (Å²) in [6.45, 7) is 7.50. The van der Waals surface area contributed by atoms with E-state index in [2.05, 4.69) is 20.2 Å². The van der Waals surface area contributed by atoms with Crippen LogP contribution in [0.5, 0.6) is 0 Å². The van der Waals surface area contributed by atoms with Gasteiger partial charge in [-0.25, -0.2) is 8.42 Å². The Morgan fingerprint density at radius 3 is 2.59 bits per heavy atom. The first-order valence-corrected chi connectivity index (χ1v) is 13.3. The topological polar surface area (TPSA) is 166 Å². The number of pyridine rings is 1. The van der Waals surface area contributed by atoms with Gasteiger partial charge in [0.2, 0.25) is 5.91 Å². The number of aryl methyl sites for hydroxylation is 2. The van der Waals surface area contributed by atoms with Crippen molar-refractivity contribution in [1.82, 2.24) is 9.88 Å². The molecule has 37 heavy (non-hydrogen) atoms. The number of anilines is 1. The normalized spacial score (nSPS) is 12.2. The number of aromatic nitrogens is 1. The van der Waals surface area contributed by atoms with E-state index in [1.165, 1.54) is 22.8 Å². The number of hydrogen-bond acceptors (Lipinski definition) is 7. The fraction of sp³-hybridized carbons (Fsp3) is 0.417. The predicted octanol–water partition coefficient (Wildman–Crippen LogP) is 1.86. The maximum atomic E-state index is 12.9. The number of nitrogens with two attached hydrogens (primary N) is 1. The monoisotopic (exact) mass is 534 g/mol. The summed E-state index contributed by atoms with van der Waals surface area (Å²) in [4.78, 5) is 34.4. The number of sulfonamides is 1. The van der Waals surface area contributed by atoms with Gasteiger partial charge in [0, 0.05) is 12.1 Å². The molecule has 2 aromatic rings. The van der Waals surface area contributed by atoms with Crippen LogP contribution in [0.1, 0.15) is 37.9 Å². The average Bonchev–Trinajstić information content (AvgIpc) is 2.83. The molecule has 0 saturated carbocycles. The molecule has 0 spiro atoms. The molecule has 13 heteroatoms. The second-order valence-electron chi connectivity index (χ2n) is 8.02. The number of guanidine groups is 1. The minimum absolute atomic E-state index is 0.0178. The van der Waals surface area contributed by atoms with Crippen molar-refractivity contribution in [3.8, 4) is 0 Å². The van der Waals surface area contributed by atoms with Gasteiger partial charge in [0.25, 0.3) is 21.5 Å². The zero-order valence-corrected chi connectivity index (χ0v) is 22.3. The number of amides is 1. The minimum atomic E-state index is -3.98. The van der Waals surface area contributed by atoms with E-state index in [0.29, 0.717) is 24.6 Å². The standard InChI is InChI=1S/C24H34N6O6S/c1-5-8-22(35-6-2)27-24(25)28-36-14-13-26-21(31)16-30-18(4)11-12-20(23(30)32)29-37(33,34)19-10-7-9-17(3)15-19/h7,9-12,15,29H,5-6,8,13-14,16H2,1-4H3,(H2,25,28)(H,26,31)/b27-22-. The van der Waals surface area contributed by atoms with Gasteiger partial charge in [-0.3, -0.25) is 14.3 Å². The molecule has 0 aliphatic heterocycles. The van der Waals surface area contributed by atoms with Crippen molar-refractivity contribution in [1.29, 1.82) is 0 Å². The van der Waals surface area contributed by atoms with Gasteiger partial charge in [-0.05, 0) is 62.2 Å². The Bertz CT molecular complexity index is 1300. The van der Waals surface area contributed by atoms with Crippen LogP contribution in [-0.4, -0.2) is 50.5 Å². The van der Waals surface area contributed by atoms with Crippen LogP contribution in [0, 0.1) is 13.8 Å². The summed E-state index contributed by atoms with van der Waals surface area (Å²) in [5, 5.41) is 6.28. The molecule has 0 bridgehead atoms. The molecular formula is C24H34N6O6S. The van der Waals surface area contributed by atoms with Crippen molar-refractivity contribution in [3.05, 3.63) is 58.0 Å². The smallest absolute Gasteiger partial charge is 0.275 e. The van der Waals surface area contributed by atoms with Gasteiger partial charge < -0.3 is 25.2 Å². The van der Waals surface area contributed by atoms with Crippen LogP contribution in [0.15, 0.2) is 56.2 Å². The summed E-state index contributed by atoms with van der Waals surface area (Å²) in [5.41, 5.74) is 6.14. The van der Waals surface area contributed by atoms with Gasteiger partial charge >= 0.3 is 0 Å². The number of carbonyl (C=O) groups excluding carboxylic acids is 1. The molecule has 0 unspecified atom stereocenters. The van der Waals surface area contributed by atoms with Crippen LogP contribution in [0.4, 0.5) is 5.69 Å². The molecule has 2 rings (SSSR count). The van der Waals surface area contributed by atoms with Crippen LogP contribution in [0.2, 0.25) is 0 Å². The Hall–Kier alpha value is -3.87. The fourth-order valence-electron chi connectivity index (χ4n) is 3.17. The van der Waals surface area contributed by atoms with E-state index in [9.17, 15) is 18.0 Å². The van der Waals surface area contributed by atoms with Crippen molar-refractivity contribution >= 4 is 33.5 Å². The maximum absolute atomic E-state index is 12.9. The second-order valence-corrected chi connectivity index (χ2v) is 9.71. The molecule has 12 nitrogen and oxygen atoms in total. The molecule has 1 heterocycles. The first kappa shape index (κ1) is 29.4. The largest absolute Gasteiger partial charge is 0.481 e. The number of ether oxygens (including phenoxy) is 1. The molecule has 1 aromatic heterocycles. The number of oxime groups is 1. The quantitative estimate of drug-likeness (QED) is 0.162. The van der Waals surface area contributed by atoms with Gasteiger partial charge in [-0.2, -0.15) is 4.99 Å². The number of rotatable bonds is 12. The lowest BCUT2D eigenvalue weighted by atomic mass is 10.2. The SMILES string of the molecule is CCC/C(=N/C(N)=N/OCCNC(=O)Cn1c(C)ccc(NS(=O)(=O)c2cccc(C)c2)c1=O)OCC. The van der Waals surface area contributed by atoms with Crippen molar-refractivity contribution in [2.75, 3.05) is 24.5 Å². The molecular weight excluding hydrogens is 500 g/mol. The van der Waals surface area contributed by atoms with E-state index < -0.39 is 21.5 Å². The Labute approximate surface area is 216 Å². The van der Waals surface area contributed by atoms with Crippen LogP contribution in [-0.2, 0) is 30.9 Å². The first-order chi connectivity index (χ1) is 17.6. The van der Waals surface area contributed by atoms with E-state index in [-0.39, 0.29) is 36.2 Å². The van der Waals surface area contributed by atoms with Crippen molar-refractivity contribution in [3.63, 3.8) is 0 Å². The van der Waals surface area contributed by atoms with Crippen LogP contribution < -0.4 is 21.3 Å². The van der Waals surface area contributed by atoms with E-state index in [1.807, 2.05) is 13.8 Å². The highest BCUT2D eigenvalue weighted by Gasteiger charge is 2.18. The van der Waals surface area contributed by atoms with Crippen molar-refractivity contribution < 1.29 is 22.8 Å². The van der Waals surface area contributed by atoms with Crippen LogP contribution in [0.25, 0.3) is 0 Å². The van der Waals surface area contributed by atoms with Gasteiger partial charge in [0.15, 0.2) is 5.90 Å². The molecule has 0 aliphatic rings. The van der Waals surface area contributed by atoms with E-state index in [4.69, 9.17) is 15.3 Å². The summed E-state index contributed by atoms with van der Waals surface area (Å²) >= 11 is 0. The number of hydrogen-bond donors (Lipinski definition) is 3. The number of nitrogens with zero attached hydrogens (tertiary/aromatic N) is 3. The Kier molecular flexibility index (Phi) is 11.1. The summed E-state index contributed by atoms with van der Waals surface area (Å²) in [7, 11) is -3.98. The lowest BCUT2D eigenvalue weighted by molar-refractivity contribution is -0.122. The summed E-state index contributed by atoms with van der Waals surface area (Å²) < 4.78 is 34.3. The highest BCUT2D eigenvalue weighted by molar-refractivity contribution is 7.92. The minimum Gasteiger partial charge on any atom is -0.481 e. The fourth-order valence-corrected chi connectivity index (χ4v) is 4.33. The van der Waals surface area contributed by atoms with E-state index >= 15 is 0 Å². The van der Waals surface area contributed by atoms with Crippen LogP contribution >= 0.6 is 0 Å². The maximum Gasteiger partial charge on any atom is 0.275 e. The molecule has 0 fully saturated rings. The third kappa shape index (κ3) is 9.26. The molecule has 1 aromatic carbocycles. The molecule has 0 aliphatic carbocycles. The zero-order valence-electron chi connectivity index (χ0n) is 21.5. The molecule has 202 valence electrons. The number of aliphatic imine (C=N–C) groups is 1. The zero-order chi connectivity index (χ0) is 27.4. The van der Waals surface area contributed by atoms with E-state index in [1.54, 1.807) is 32.0 Å². The molecule has 0 atom stereocenters. The van der Waals surface area contributed by atoms with Crippen LogP contribution in [0.3, 0.4) is 0 Å².